The molecule has 116 valence electrons. The Hall–Kier alpha value is -1.44. The van der Waals surface area contributed by atoms with E-state index in [9.17, 15) is 13.2 Å². The lowest BCUT2D eigenvalue weighted by atomic mass is 10.1. The van der Waals surface area contributed by atoms with Crippen molar-refractivity contribution < 1.29 is 13.2 Å². The maximum atomic E-state index is 12.4. The van der Waals surface area contributed by atoms with Crippen molar-refractivity contribution >= 4 is 21.6 Å². The van der Waals surface area contributed by atoms with E-state index >= 15 is 0 Å². The van der Waals surface area contributed by atoms with Crippen LogP contribution >= 0.6 is 0 Å². The van der Waals surface area contributed by atoms with E-state index < -0.39 is 10.0 Å². The molecule has 0 spiro atoms. The first-order valence-corrected chi connectivity index (χ1v) is 8.45. The van der Waals surface area contributed by atoms with E-state index in [2.05, 4.69) is 15.4 Å². The summed E-state index contributed by atoms with van der Waals surface area (Å²) < 4.78 is 27.5. The van der Waals surface area contributed by atoms with E-state index in [4.69, 9.17) is 0 Å². The van der Waals surface area contributed by atoms with Crippen LogP contribution in [0.5, 0.6) is 0 Å². The zero-order valence-corrected chi connectivity index (χ0v) is 13.1. The SMILES string of the molecule is CC(=O)Nc1ccc(C)c(S(=O)(=O)NCC2CCNC2)c1. The Bertz CT molecular complexity index is 622. The van der Waals surface area contributed by atoms with E-state index in [0.717, 1.165) is 19.5 Å². The lowest BCUT2D eigenvalue weighted by Gasteiger charge is -2.13. The molecule has 0 radical (unpaired) electrons. The van der Waals surface area contributed by atoms with Crippen molar-refractivity contribution in [2.45, 2.75) is 25.2 Å². The van der Waals surface area contributed by atoms with Crippen LogP contribution in [0.25, 0.3) is 0 Å². The summed E-state index contributed by atoms with van der Waals surface area (Å²) in [6, 6.07) is 4.87. The second-order valence-corrected chi connectivity index (χ2v) is 7.11. The number of anilines is 1. The van der Waals surface area contributed by atoms with Crippen molar-refractivity contribution in [3.63, 3.8) is 0 Å². The quantitative estimate of drug-likeness (QED) is 0.752. The van der Waals surface area contributed by atoms with Crippen molar-refractivity contribution in [2.24, 2.45) is 5.92 Å². The molecule has 0 bridgehead atoms. The van der Waals surface area contributed by atoms with E-state index in [1.807, 2.05) is 0 Å². The van der Waals surface area contributed by atoms with Crippen LogP contribution in [-0.4, -0.2) is 34.0 Å². The van der Waals surface area contributed by atoms with Crippen LogP contribution in [0.1, 0.15) is 18.9 Å². The maximum absolute atomic E-state index is 12.4. The third-order valence-corrected chi connectivity index (χ3v) is 5.09. The lowest BCUT2D eigenvalue weighted by molar-refractivity contribution is -0.114. The predicted molar refractivity (Wildman–Crippen MR) is 81.6 cm³/mol. The second-order valence-electron chi connectivity index (χ2n) is 5.37. The Morgan fingerprint density at radius 1 is 1.43 bits per heavy atom. The monoisotopic (exact) mass is 311 g/mol. The molecule has 1 amide bonds. The Balaban J connectivity index is 2.15. The molecule has 1 aliphatic heterocycles. The third kappa shape index (κ3) is 4.26. The number of rotatable bonds is 5. The molecule has 1 unspecified atom stereocenters. The van der Waals surface area contributed by atoms with Gasteiger partial charge in [-0.25, -0.2) is 13.1 Å². The number of carbonyl (C=O) groups excluding carboxylic acids is 1. The molecule has 0 saturated carbocycles. The van der Waals surface area contributed by atoms with Gasteiger partial charge in [-0.1, -0.05) is 6.07 Å². The first kappa shape index (κ1) is 15.9. The summed E-state index contributed by atoms with van der Waals surface area (Å²) in [6.07, 6.45) is 0.980. The molecule has 0 aromatic heterocycles. The Labute approximate surface area is 125 Å². The Morgan fingerprint density at radius 2 is 2.19 bits per heavy atom. The average molecular weight is 311 g/mol. The summed E-state index contributed by atoms with van der Waals surface area (Å²) in [7, 11) is -3.57. The Morgan fingerprint density at radius 3 is 2.81 bits per heavy atom. The number of carbonyl (C=O) groups is 1. The molecule has 1 fully saturated rings. The fraction of sp³-hybridized carbons (Fsp3) is 0.500. The molecule has 21 heavy (non-hydrogen) atoms. The van der Waals surface area contributed by atoms with Crippen LogP contribution in [-0.2, 0) is 14.8 Å². The van der Waals surface area contributed by atoms with Crippen LogP contribution in [0.15, 0.2) is 23.1 Å². The highest BCUT2D eigenvalue weighted by atomic mass is 32.2. The molecule has 1 aromatic rings. The van der Waals surface area contributed by atoms with Gasteiger partial charge in [-0.15, -0.1) is 0 Å². The van der Waals surface area contributed by atoms with Gasteiger partial charge in [0.2, 0.25) is 15.9 Å². The van der Waals surface area contributed by atoms with Crippen molar-refractivity contribution in [1.82, 2.24) is 10.0 Å². The van der Waals surface area contributed by atoms with Gasteiger partial charge in [-0.3, -0.25) is 4.79 Å². The number of sulfonamides is 1. The average Bonchev–Trinajstić information content (AvgIpc) is 2.91. The van der Waals surface area contributed by atoms with Gasteiger partial charge in [-0.2, -0.15) is 0 Å². The van der Waals surface area contributed by atoms with E-state index in [-0.39, 0.29) is 10.8 Å². The molecule has 1 atom stereocenters. The number of nitrogens with one attached hydrogen (secondary N) is 3. The summed E-state index contributed by atoms with van der Waals surface area (Å²) >= 11 is 0. The zero-order chi connectivity index (χ0) is 15.5. The molecule has 0 aliphatic carbocycles. The summed E-state index contributed by atoms with van der Waals surface area (Å²) in [5.41, 5.74) is 1.14. The highest BCUT2D eigenvalue weighted by Crippen LogP contribution is 2.20. The molecule has 1 heterocycles. The van der Waals surface area contributed by atoms with Gasteiger partial charge in [0.05, 0.1) is 4.90 Å². The van der Waals surface area contributed by atoms with Gasteiger partial charge in [0.25, 0.3) is 0 Å². The van der Waals surface area contributed by atoms with Crippen molar-refractivity contribution in [3.8, 4) is 0 Å². The van der Waals surface area contributed by atoms with Crippen molar-refractivity contribution in [3.05, 3.63) is 23.8 Å². The van der Waals surface area contributed by atoms with Gasteiger partial charge >= 0.3 is 0 Å². The second kappa shape index (κ2) is 6.55. The first-order chi connectivity index (χ1) is 9.88. The molecule has 1 aliphatic rings. The van der Waals surface area contributed by atoms with Crippen LogP contribution in [0.4, 0.5) is 5.69 Å². The minimum atomic E-state index is -3.57. The fourth-order valence-electron chi connectivity index (χ4n) is 2.36. The molecule has 3 N–H and O–H groups in total. The van der Waals surface area contributed by atoms with Crippen molar-refractivity contribution in [1.29, 1.82) is 0 Å². The summed E-state index contributed by atoms with van der Waals surface area (Å²) in [6.45, 7) is 5.33. The highest BCUT2D eigenvalue weighted by Gasteiger charge is 2.21. The fourth-order valence-corrected chi connectivity index (χ4v) is 3.75. The van der Waals surface area contributed by atoms with Gasteiger partial charge < -0.3 is 10.6 Å². The Kier molecular flexibility index (Phi) is 4.97. The zero-order valence-electron chi connectivity index (χ0n) is 12.3. The van der Waals surface area contributed by atoms with E-state index in [0.29, 0.717) is 23.7 Å². The van der Waals surface area contributed by atoms with Gasteiger partial charge in [0, 0.05) is 19.2 Å². The number of hydrogen-bond acceptors (Lipinski definition) is 4. The molecular formula is C14H21N3O3S. The summed E-state index contributed by atoms with van der Waals surface area (Å²) in [4.78, 5) is 11.3. The molecule has 7 heteroatoms. The molecule has 2 rings (SSSR count). The normalized spacial score (nSPS) is 18.7. The molecule has 6 nitrogen and oxygen atoms in total. The number of benzene rings is 1. The smallest absolute Gasteiger partial charge is 0.240 e. The third-order valence-electron chi connectivity index (χ3n) is 3.52. The van der Waals surface area contributed by atoms with Crippen LogP contribution < -0.4 is 15.4 Å². The molecular weight excluding hydrogens is 290 g/mol. The predicted octanol–water partition coefficient (Wildman–Crippen LogP) is 0.841. The summed E-state index contributed by atoms with van der Waals surface area (Å²) in [5, 5.41) is 5.81. The minimum absolute atomic E-state index is 0.208. The van der Waals surface area contributed by atoms with Crippen LogP contribution in [0.2, 0.25) is 0 Å². The van der Waals surface area contributed by atoms with Crippen LogP contribution in [0.3, 0.4) is 0 Å². The largest absolute Gasteiger partial charge is 0.326 e. The summed E-state index contributed by atoms with van der Waals surface area (Å²) in [5.74, 6) is 0.103. The lowest BCUT2D eigenvalue weighted by Crippen LogP contribution is -2.30. The van der Waals surface area contributed by atoms with Gasteiger partial charge in [0.15, 0.2) is 0 Å². The number of amides is 1. The highest BCUT2D eigenvalue weighted by molar-refractivity contribution is 7.89. The topological polar surface area (TPSA) is 87.3 Å². The van der Waals surface area contributed by atoms with E-state index in [1.54, 1.807) is 19.1 Å². The number of hydrogen-bond donors (Lipinski definition) is 3. The van der Waals surface area contributed by atoms with Gasteiger partial charge in [0.1, 0.15) is 0 Å². The minimum Gasteiger partial charge on any atom is -0.326 e. The first-order valence-electron chi connectivity index (χ1n) is 6.97. The number of aryl methyl sites for hydroxylation is 1. The van der Waals surface area contributed by atoms with Crippen molar-refractivity contribution in [2.75, 3.05) is 25.0 Å². The molecule has 1 saturated heterocycles. The maximum Gasteiger partial charge on any atom is 0.240 e. The molecule has 1 aromatic carbocycles. The van der Waals surface area contributed by atoms with E-state index in [1.165, 1.54) is 13.0 Å². The standard InChI is InChI=1S/C14H21N3O3S/c1-10-3-4-13(17-11(2)18)7-14(10)21(19,20)16-9-12-5-6-15-8-12/h3-4,7,12,15-16H,5-6,8-9H2,1-2H3,(H,17,18). The van der Waals surface area contributed by atoms with Gasteiger partial charge in [-0.05, 0) is 50.0 Å². The van der Waals surface area contributed by atoms with Crippen LogP contribution in [0, 0.1) is 12.8 Å².